The van der Waals surface area contributed by atoms with Gasteiger partial charge >= 0.3 is 59.1 Å². The average Bonchev–Trinajstić information content (AvgIpc) is 2.74. The third-order valence-electron chi connectivity index (χ3n) is 3.79. The molecule has 0 aliphatic heterocycles. The summed E-state index contributed by atoms with van der Waals surface area (Å²) in [7, 11) is -8.38. The summed E-state index contributed by atoms with van der Waals surface area (Å²) in [5.74, 6) is -1.46. The maximum atomic E-state index is 11.4. The third kappa shape index (κ3) is 18.5. The van der Waals surface area contributed by atoms with Gasteiger partial charge in [-0.2, -0.15) is 0 Å². The van der Waals surface area contributed by atoms with Gasteiger partial charge in [0, 0.05) is 35.7 Å². The Morgan fingerprint density at radius 3 is 1.18 bits per heavy atom. The first-order valence-corrected chi connectivity index (χ1v) is 12.7. The number of carbonyl (C=O) groups is 2. The second kappa shape index (κ2) is 18.5. The van der Waals surface area contributed by atoms with Gasteiger partial charge in [0.1, 0.15) is 0 Å². The fraction of sp³-hybridized carbons (Fsp3) is 0.300. The molecule has 14 heteroatoms. The van der Waals surface area contributed by atoms with Gasteiger partial charge in [-0.1, -0.05) is 36.4 Å². The van der Waals surface area contributed by atoms with E-state index in [0.29, 0.717) is 11.1 Å². The van der Waals surface area contributed by atoms with Crippen molar-refractivity contribution in [2.24, 2.45) is 0 Å². The predicted octanol–water partition coefficient (Wildman–Crippen LogP) is -5.29. The molecule has 2 rings (SSSR count). The summed E-state index contributed by atoms with van der Waals surface area (Å²) >= 11 is 0. The molecule has 0 aromatic heterocycles. The molecule has 34 heavy (non-hydrogen) atoms. The Morgan fingerprint density at radius 1 is 0.618 bits per heavy atom. The van der Waals surface area contributed by atoms with Crippen LogP contribution in [0.3, 0.4) is 0 Å². The van der Waals surface area contributed by atoms with Crippen molar-refractivity contribution in [3.05, 3.63) is 71.8 Å². The van der Waals surface area contributed by atoms with Crippen LogP contribution in [0.5, 0.6) is 0 Å². The maximum absolute atomic E-state index is 11.4. The summed E-state index contributed by atoms with van der Waals surface area (Å²) in [6.45, 7) is 0.352. The Labute approximate surface area is 244 Å². The maximum Gasteiger partial charge on any atom is 1.00 e. The molecule has 2 N–H and O–H groups in total. The van der Waals surface area contributed by atoms with E-state index >= 15 is 0 Å². The van der Waals surface area contributed by atoms with Crippen LogP contribution in [0, 0.1) is 0 Å². The zero-order valence-electron chi connectivity index (χ0n) is 19.1. The molecule has 0 radical (unpaired) electrons. The standard InChI is InChI=1S/2C10H13NO4S.2Na/c2*12-10(9-5-2-1-3-6-9)11-7-4-8-16(13,14)15;;/h2*1-3,5-6H,4,7-8H2,(H,11,12)(H,13,14,15);;/q;;2*+1/p-2. The minimum absolute atomic E-state index is 0. The first kappa shape index (κ1) is 35.4. The molecule has 0 fully saturated rings. The number of nitrogens with one attached hydrogen (secondary N) is 2. The second-order valence-corrected chi connectivity index (χ2v) is 9.52. The molecule has 0 heterocycles. The van der Waals surface area contributed by atoms with Crippen LogP contribution < -0.4 is 69.7 Å². The molecule has 0 spiro atoms. The van der Waals surface area contributed by atoms with E-state index in [1.165, 1.54) is 0 Å². The SMILES string of the molecule is O=C(NCCCS(=O)(=O)[O-])c1ccccc1.O=C(NCCCS(=O)(=O)[O-])c1ccccc1.[Na+].[Na+]. The molecule has 0 unspecified atom stereocenters. The summed E-state index contributed by atoms with van der Waals surface area (Å²) in [6.07, 6.45) is 0.259. The van der Waals surface area contributed by atoms with Gasteiger partial charge in [-0.15, -0.1) is 0 Å². The van der Waals surface area contributed by atoms with Crippen molar-refractivity contribution in [3.8, 4) is 0 Å². The zero-order valence-corrected chi connectivity index (χ0v) is 24.7. The van der Waals surface area contributed by atoms with Crippen molar-refractivity contribution < 1.29 is 94.6 Å². The first-order valence-electron chi connectivity index (χ1n) is 9.51. The third-order valence-corrected chi connectivity index (χ3v) is 5.36. The Hall–Kier alpha value is -0.800. The zero-order chi connectivity index (χ0) is 24.0. The van der Waals surface area contributed by atoms with E-state index in [9.17, 15) is 35.5 Å². The fourth-order valence-electron chi connectivity index (χ4n) is 2.28. The summed E-state index contributed by atoms with van der Waals surface area (Å²) in [5.41, 5.74) is 1.01. The van der Waals surface area contributed by atoms with E-state index < -0.39 is 31.7 Å². The molecular formula is C20H24N2Na2O8S2. The number of benzene rings is 2. The van der Waals surface area contributed by atoms with Crippen LogP contribution >= 0.6 is 0 Å². The normalized spacial score (nSPS) is 10.4. The molecule has 0 aliphatic rings. The fourth-order valence-corrected chi connectivity index (χ4v) is 3.28. The Morgan fingerprint density at radius 2 is 0.912 bits per heavy atom. The van der Waals surface area contributed by atoms with Crippen LogP contribution in [0.2, 0.25) is 0 Å². The van der Waals surface area contributed by atoms with Gasteiger partial charge in [-0.3, -0.25) is 9.59 Å². The van der Waals surface area contributed by atoms with Crippen molar-refractivity contribution in [1.82, 2.24) is 10.6 Å². The van der Waals surface area contributed by atoms with Crippen LogP contribution in [-0.4, -0.2) is 62.4 Å². The summed E-state index contributed by atoms with van der Waals surface area (Å²) < 4.78 is 61.7. The molecule has 0 saturated heterocycles. The molecule has 2 amide bonds. The van der Waals surface area contributed by atoms with Crippen LogP contribution in [0.15, 0.2) is 60.7 Å². The molecule has 0 aliphatic carbocycles. The average molecular weight is 531 g/mol. The number of carbonyl (C=O) groups excluding carboxylic acids is 2. The Balaban J connectivity index is 0. The Kier molecular flexibility index (Phi) is 19.2. The van der Waals surface area contributed by atoms with Gasteiger partial charge in [-0.05, 0) is 37.1 Å². The van der Waals surface area contributed by atoms with Gasteiger partial charge in [0.05, 0.1) is 20.2 Å². The van der Waals surface area contributed by atoms with Crippen LogP contribution in [-0.2, 0) is 20.2 Å². The molecular weight excluding hydrogens is 506 g/mol. The van der Waals surface area contributed by atoms with Crippen LogP contribution in [0.4, 0.5) is 0 Å². The minimum atomic E-state index is -4.19. The van der Waals surface area contributed by atoms with Crippen molar-refractivity contribution >= 4 is 32.1 Å². The Bertz CT molecular complexity index is 981. The molecule has 0 bridgehead atoms. The van der Waals surface area contributed by atoms with Gasteiger partial charge < -0.3 is 19.7 Å². The molecule has 176 valence electrons. The van der Waals surface area contributed by atoms with Crippen molar-refractivity contribution in [1.29, 1.82) is 0 Å². The summed E-state index contributed by atoms with van der Waals surface area (Å²) in [6, 6.07) is 17.1. The van der Waals surface area contributed by atoms with E-state index in [0.717, 1.165) is 0 Å². The summed E-state index contributed by atoms with van der Waals surface area (Å²) in [5, 5.41) is 5.06. The van der Waals surface area contributed by atoms with Gasteiger partial charge in [0.15, 0.2) is 0 Å². The van der Waals surface area contributed by atoms with E-state index in [2.05, 4.69) is 10.6 Å². The van der Waals surface area contributed by atoms with E-state index in [1.54, 1.807) is 60.7 Å². The minimum Gasteiger partial charge on any atom is -0.748 e. The van der Waals surface area contributed by atoms with E-state index in [4.69, 9.17) is 0 Å². The second-order valence-electron chi connectivity index (χ2n) is 6.47. The van der Waals surface area contributed by atoms with Crippen molar-refractivity contribution in [2.75, 3.05) is 24.6 Å². The largest absolute Gasteiger partial charge is 1.00 e. The first-order chi connectivity index (χ1) is 15.0. The topological polar surface area (TPSA) is 173 Å². The quantitative estimate of drug-likeness (QED) is 0.174. The van der Waals surface area contributed by atoms with E-state index in [-0.39, 0.29) is 96.9 Å². The monoisotopic (exact) mass is 530 g/mol. The number of amides is 2. The van der Waals surface area contributed by atoms with Crippen molar-refractivity contribution in [3.63, 3.8) is 0 Å². The predicted molar refractivity (Wildman–Crippen MR) is 116 cm³/mol. The van der Waals surface area contributed by atoms with Gasteiger partial charge in [-0.25, -0.2) is 16.8 Å². The molecule has 0 saturated carbocycles. The molecule has 10 nitrogen and oxygen atoms in total. The number of hydrogen-bond acceptors (Lipinski definition) is 8. The summed E-state index contributed by atoms with van der Waals surface area (Å²) in [4.78, 5) is 22.9. The van der Waals surface area contributed by atoms with E-state index in [1.807, 2.05) is 0 Å². The smallest absolute Gasteiger partial charge is 0.748 e. The van der Waals surface area contributed by atoms with Crippen LogP contribution in [0.25, 0.3) is 0 Å². The number of hydrogen-bond donors (Lipinski definition) is 2. The van der Waals surface area contributed by atoms with Gasteiger partial charge in [0.25, 0.3) is 11.8 Å². The van der Waals surface area contributed by atoms with Crippen LogP contribution in [0.1, 0.15) is 33.6 Å². The van der Waals surface area contributed by atoms with Crippen molar-refractivity contribution in [2.45, 2.75) is 12.8 Å². The number of rotatable bonds is 10. The van der Waals surface area contributed by atoms with Gasteiger partial charge in [0.2, 0.25) is 0 Å². The molecule has 2 aromatic carbocycles. The molecule has 0 atom stereocenters. The molecule has 2 aromatic rings.